The van der Waals surface area contributed by atoms with Crippen molar-refractivity contribution < 1.29 is 29.3 Å². The highest BCUT2D eigenvalue weighted by atomic mass is 16.6. The fourth-order valence-corrected chi connectivity index (χ4v) is 1.28. The molecular formula is C8H11NO6. The van der Waals surface area contributed by atoms with Gasteiger partial charge in [-0.2, -0.15) is 0 Å². The Hall–Kier alpha value is -1.47. The number of carbonyl (C=O) groups excluding carboxylic acids is 3. The van der Waals surface area contributed by atoms with Gasteiger partial charge in [-0.15, -0.1) is 0 Å². The molecule has 1 amide bonds. The van der Waals surface area contributed by atoms with Crippen molar-refractivity contribution in [1.82, 2.24) is 5.32 Å². The highest BCUT2D eigenvalue weighted by Crippen LogP contribution is 2.15. The van der Waals surface area contributed by atoms with Gasteiger partial charge >= 0.3 is 5.97 Å². The van der Waals surface area contributed by atoms with Crippen LogP contribution < -0.4 is 5.32 Å². The van der Waals surface area contributed by atoms with E-state index in [4.69, 9.17) is 0 Å². The second kappa shape index (κ2) is 4.37. The summed E-state index contributed by atoms with van der Waals surface area (Å²) in [7, 11) is 0. The van der Waals surface area contributed by atoms with E-state index in [2.05, 4.69) is 10.1 Å². The Bertz CT molecular complexity index is 291. The first-order valence-electron chi connectivity index (χ1n) is 4.26. The first-order chi connectivity index (χ1) is 6.97. The first kappa shape index (κ1) is 11.6. The summed E-state index contributed by atoms with van der Waals surface area (Å²) in [5, 5.41) is 20.9. The summed E-state index contributed by atoms with van der Waals surface area (Å²) in [4.78, 5) is 32.2. The topological polar surface area (TPSA) is 113 Å². The number of amides is 1. The summed E-state index contributed by atoms with van der Waals surface area (Å²) in [5.41, 5.74) is 0. The van der Waals surface area contributed by atoms with Crippen LogP contribution >= 0.6 is 0 Å². The molecule has 1 fully saturated rings. The van der Waals surface area contributed by atoms with Crippen molar-refractivity contribution in [2.75, 3.05) is 0 Å². The van der Waals surface area contributed by atoms with Crippen molar-refractivity contribution in [3.63, 3.8) is 0 Å². The Labute approximate surface area is 85.0 Å². The Kier molecular flexibility index (Phi) is 3.38. The third kappa shape index (κ3) is 2.31. The van der Waals surface area contributed by atoms with Gasteiger partial charge in [-0.3, -0.25) is 9.59 Å². The number of aldehydes is 1. The monoisotopic (exact) mass is 217 g/mol. The van der Waals surface area contributed by atoms with Crippen molar-refractivity contribution in [2.24, 2.45) is 0 Å². The highest BCUT2D eigenvalue weighted by Gasteiger charge is 2.44. The fraction of sp³-hybridized carbons (Fsp3) is 0.625. The van der Waals surface area contributed by atoms with Crippen molar-refractivity contribution in [3.05, 3.63) is 0 Å². The number of aliphatic hydroxyl groups is 2. The Morgan fingerprint density at radius 2 is 2.07 bits per heavy atom. The second-order valence-electron chi connectivity index (χ2n) is 3.20. The molecular weight excluding hydrogens is 206 g/mol. The molecule has 0 bridgehead atoms. The SMILES string of the molecule is CC(=O)NC1C(=O)OC(C=O)C(O)C1O. The van der Waals surface area contributed by atoms with Gasteiger partial charge in [0.2, 0.25) is 5.91 Å². The van der Waals surface area contributed by atoms with Gasteiger partial charge in [0.15, 0.2) is 18.4 Å². The minimum atomic E-state index is -1.55. The third-order valence-corrected chi connectivity index (χ3v) is 2.03. The van der Waals surface area contributed by atoms with E-state index in [0.717, 1.165) is 6.92 Å². The molecule has 7 nitrogen and oxygen atoms in total. The zero-order chi connectivity index (χ0) is 11.6. The van der Waals surface area contributed by atoms with Gasteiger partial charge in [0.25, 0.3) is 0 Å². The van der Waals surface area contributed by atoms with E-state index in [1.807, 2.05) is 0 Å². The smallest absolute Gasteiger partial charge is 0.332 e. The standard InChI is InChI=1S/C8H11NO6/c1-3(11)9-5-7(13)6(12)4(2-10)15-8(5)14/h2,4-7,12-13H,1H3,(H,9,11). The maximum Gasteiger partial charge on any atom is 0.332 e. The highest BCUT2D eigenvalue weighted by molar-refractivity contribution is 5.86. The molecule has 0 aromatic heterocycles. The zero-order valence-electron chi connectivity index (χ0n) is 7.91. The molecule has 0 radical (unpaired) electrons. The van der Waals surface area contributed by atoms with Crippen LogP contribution in [0.25, 0.3) is 0 Å². The molecule has 3 N–H and O–H groups in total. The Balaban J connectivity index is 2.79. The molecule has 1 heterocycles. The van der Waals surface area contributed by atoms with E-state index < -0.39 is 36.2 Å². The summed E-state index contributed by atoms with van der Waals surface area (Å²) in [6.45, 7) is 1.15. The molecule has 4 unspecified atom stereocenters. The molecule has 1 aliphatic heterocycles. The normalized spacial score (nSPS) is 35.5. The lowest BCUT2D eigenvalue weighted by molar-refractivity contribution is -0.184. The quantitative estimate of drug-likeness (QED) is 0.343. The largest absolute Gasteiger partial charge is 0.450 e. The van der Waals surface area contributed by atoms with Gasteiger partial charge in [0.05, 0.1) is 0 Å². The van der Waals surface area contributed by atoms with E-state index in [1.165, 1.54) is 0 Å². The number of nitrogens with one attached hydrogen (secondary N) is 1. The third-order valence-electron chi connectivity index (χ3n) is 2.03. The number of hydrogen-bond acceptors (Lipinski definition) is 6. The summed E-state index contributed by atoms with van der Waals surface area (Å²) in [6.07, 6.45) is -4.25. The number of ether oxygens (including phenoxy) is 1. The van der Waals surface area contributed by atoms with Gasteiger partial charge in [-0.05, 0) is 0 Å². The molecule has 15 heavy (non-hydrogen) atoms. The van der Waals surface area contributed by atoms with Crippen molar-refractivity contribution in [1.29, 1.82) is 0 Å². The number of aliphatic hydroxyl groups excluding tert-OH is 2. The van der Waals surface area contributed by atoms with Crippen LogP contribution in [0, 0.1) is 0 Å². The summed E-state index contributed by atoms with van der Waals surface area (Å²) >= 11 is 0. The molecule has 1 saturated heterocycles. The van der Waals surface area contributed by atoms with Crippen LogP contribution in [0.3, 0.4) is 0 Å². The molecule has 0 aliphatic carbocycles. The molecule has 0 spiro atoms. The summed E-state index contributed by atoms with van der Waals surface area (Å²) in [6, 6.07) is -1.34. The van der Waals surface area contributed by atoms with Gasteiger partial charge in [0.1, 0.15) is 12.2 Å². The van der Waals surface area contributed by atoms with E-state index in [9.17, 15) is 24.6 Å². The van der Waals surface area contributed by atoms with Crippen LogP contribution in [-0.4, -0.2) is 52.7 Å². The fourth-order valence-electron chi connectivity index (χ4n) is 1.28. The number of rotatable bonds is 2. The van der Waals surface area contributed by atoms with E-state index >= 15 is 0 Å². The molecule has 4 atom stereocenters. The van der Waals surface area contributed by atoms with Gasteiger partial charge in [0, 0.05) is 6.92 Å². The molecule has 1 aliphatic rings. The minimum Gasteiger partial charge on any atom is -0.450 e. The first-order valence-corrected chi connectivity index (χ1v) is 4.26. The van der Waals surface area contributed by atoms with Crippen molar-refractivity contribution in [2.45, 2.75) is 31.3 Å². The Morgan fingerprint density at radius 3 is 2.53 bits per heavy atom. The average Bonchev–Trinajstić information content (AvgIpc) is 2.18. The van der Waals surface area contributed by atoms with E-state index in [0.29, 0.717) is 0 Å². The lowest BCUT2D eigenvalue weighted by Gasteiger charge is -2.34. The maximum atomic E-state index is 11.2. The van der Waals surface area contributed by atoms with Crippen molar-refractivity contribution >= 4 is 18.2 Å². The van der Waals surface area contributed by atoms with Crippen LogP contribution in [0.5, 0.6) is 0 Å². The minimum absolute atomic E-state index is 0.218. The predicted octanol–water partition coefficient (Wildman–Crippen LogP) is -2.66. The van der Waals surface area contributed by atoms with Crippen LogP contribution in [0.2, 0.25) is 0 Å². The van der Waals surface area contributed by atoms with Gasteiger partial charge < -0.3 is 20.3 Å². The maximum absolute atomic E-state index is 11.2. The number of carbonyl (C=O) groups is 3. The average molecular weight is 217 g/mol. The van der Waals surface area contributed by atoms with E-state index in [-0.39, 0.29) is 6.29 Å². The van der Waals surface area contributed by atoms with Crippen LogP contribution in [0.4, 0.5) is 0 Å². The van der Waals surface area contributed by atoms with Crippen LogP contribution in [0.15, 0.2) is 0 Å². The van der Waals surface area contributed by atoms with Crippen molar-refractivity contribution in [3.8, 4) is 0 Å². The Morgan fingerprint density at radius 1 is 1.47 bits per heavy atom. The van der Waals surface area contributed by atoms with Crippen LogP contribution in [0.1, 0.15) is 6.92 Å². The molecule has 1 rings (SSSR count). The van der Waals surface area contributed by atoms with Crippen LogP contribution in [-0.2, 0) is 19.1 Å². The van der Waals surface area contributed by atoms with Gasteiger partial charge in [-0.1, -0.05) is 0 Å². The second-order valence-corrected chi connectivity index (χ2v) is 3.20. The lowest BCUT2D eigenvalue weighted by Crippen LogP contribution is -2.61. The number of esters is 1. The predicted molar refractivity (Wildman–Crippen MR) is 45.6 cm³/mol. The molecule has 0 saturated carbocycles. The zero-order valence-corrected chi connectivity index (χ0v) is 7.91. The van der Waals surface area contributed by atoms with E-state index in [1.54, 1.807) is 0 Å². The molecule has 0 aromatic carbocycles. The lowest BCUT2D eigenvalue weighted by atomic mass is 9.98. The number of cyclic esters (lactones) is 1. The van der Waals surface area contributed by atoms with Gasteiger partial charge in [-0.25, -0.2) is 4.79 Å². The molecule has 84 valence electrons. The summed E-state index contributed by atoms with van der Waals surface area (Å²) in [5.74, 6) is -1.49. The number of hydrogen-bond donors (Lipinski definition) is 3. The molecule has 7 heteroatoms. The summed E-state index contributed by atoms with van der Waals surface area (Å²) < 4.78 is 4.50. The molecule has 0 aromatic rings.